The van der Waals surface area contributed by atoms with Crippen LogP contribution in [0.25, 0.3) is 11.4 Å². The molecule has 142 valence electrons. The summed E-state index contributed by atoms with van der Waals surface area (Å²) in [6.45, 7) is 1.89. The first-order valence-electron chi connectivity index (χ1n) is 7.98. The first kappa shape index (κ1) is 19.2. The van der Waals surface area contributed by atoms with Gasteiger partial charge in [-0.15, -0.1) is 21.5 Å². The number of thioether (sulfide) groups is 1. The maximum atomic E-state index is 12.1. The maximum Gasteiger partial charge on any atom is 0.236 e. The van der Waals surface area contributed by atoms with Crippen molar-refractivity contribution in [1.82, 2.24) is 19.7 Å². The minimum Gasteiger partial charge on any atom is -0.493 e. The van der Waals surface area contributed by atoms with Gasteiger partial charge in [0.2, 0.25) is 5.91 Å². The number of ether oxygens (including phenoxy) is 2. The fourth-order valence-electron chi connectivity index (χ4n) is 2.36. The summed E-state index contributed by atoms with van der Waals surface area (Å²) in [7, 11) is 5.03. The number of rotatable bonds is 7. The van der Waals surface area contributed by atoms with Crippen LogP contribution in [0.3, 0.4) is 0 Å². The Morgan fingerprint density at radius 1 is 1.26 bits per heavy atom. The summed E-state index contributed by atoms with van der Waals surface area (Å²) in [4.78, 5) is 16.3. The number of anilines is 1. The van der Waals surface area contributed by atoms with Crippen molar-refractivity contribution in [3.8, 4) is 22.9 Å². The molecule has 3 rings (SSSR count). The molecule has 2 heterocycles. The summed E-state index contributed by atoms with van der Waals surface area (Å²) in [5.74, 6) is 2.02. The normalized spacial score (nSPS) is 10.7. The smallest absolute Gasteiger partial charge is 0.236 e. The number of nitrogens with one attached hydrogen (secondary N) is 1. The van der Waals surface area contributed by atoms with E-state index < -0.39 is 0 Å². The fourth-order valence-corrected chi connectivity index (χ4v) is 3.78. The third-order valence-electron chi connectivity index (χ3n) is 3.67. The van der Waals surface area contributed by atoms with Crippen molar-refractivity contribution in [3.05, 3.63) is 29.3 Å². The highest BCUT2D eigenvalue weighted by atomic mass is 32.2. The van der Waals surface area contributed by atoms with E-state index in [0.717, 1.165) is 11.3 Å². The second kappa shape index (κ2) is 8.40. The molecule has 2 aromatic heterocycles. The molecule has 0 atom stereocenters. The number of carbonyl (C=O) groups is 1. The van der Waals surface area contributed by atoms with Crippen LogP contribution in [-0.2, 0) is 11.8 Å². The van der Waals surface area contributed by atoms with Crippen molar-refractivity contribution in [2.45, 2.75) is 12.1 Å². The number of hydrogen-bond donors (Lipinski definition) is 1. The summed E-state index contributed by atoms with van der Waals surface area (Å²) in [5, 5.41) is 14.3. The molecule has 0 unspecified atom stereocenters. The third kappa shape index (κ3) is 4.40. The molecule has 0 saturated heterocycles. The van der Waals surface area contributed by atoms with Crippen molar-refractivity contribution in [2.75, 3.05) is 25.3 Å². The quantitative estimate of drug-likeness (QED) is 0.604. The van der Waals surface area contributed by atoms with Crippen LogP contribution in [0.15, 0.2) is 28.7 Å². The summed E-state index contributed by atoms with van der Waals surface area (Å²) >= 11 is 2.72. The average Bonchev–Trinajstić information content (AvgIpc) is 3.24. The monoisotopic (exact) mass is 405 g/mol. The first-order valence-corrected chi connectivity index (χ1v) is 9.85. The number of methoxy groups -OCH3 is 2. The minimum atomic E-state index is -0.134. The number of thiazole rings is 1. The zero-order chi connectivity index (χ0) is 19.4. The molecule has 0 radical (unpaired) electrons. The number of aromatic nitrogens is 4. The molecule has 0 bridgehead atoms. The van der Waals surface area contributed by atoms with Crippen LogP contribution in [0.1, 0.15) is 5.69 Å². The molecule has 1 N–H and O–H groups in total. The predicted octanol–water partition coefficient (Wildman–Crippen LogP) is 3.00. The Morgan fingerprint density at radius 2 is 2.04 bits per heavy atom. The van der Waals surface area contributed by atoms with Crippen LogP contribution < -0.4 is 14.8 Å². The lowest BCUT2D eigenvalue weighted by molar-refractivity contribution is -0.113. The zero-order valence-electron chi connectivity index (χ0n) is 15.3. The molecule has 10 heteroatoms. The first-order chi connectivity index (χ1) is 13.0. The van der Waals surface area contributed by atoms with E-state index in [9.17, 15) is 4.79 Å². The van der Waals surface area contributed by atoms with Crippen molar-refractivity contribution < 1.29 is 14.3 Å². The number of hydrogen-bond acceptors (Lipinski definition) is 8. The molecule has 27 heavy (non-hydrogen) atoms. The number of benzene rings is 1. The van der Waals surface area contributed by atoms with E-state index in [-0.39, 0.29) is 11.7 Å². The molecule has 0 fully saturated rings. The van der Waals surface area contributed by atoms with E-state index in [4.69, 9.17) is 9.47 Å². The molecule has 0 saturated carbocycles. The van der Waals surface area contributed by atoms with Gasteiger partial charge in [-0.1, -0.05) is 11.8 Å². The van der Waals surface area contributed by atoms with E-state index in [2.05, 4.69) is 20.5 Å². The highest BCUT2D eigenvalue weighted by Crippen LogP contribution is 2.32. The number of carbonyl (C=O) groups excluding carboxylic acids is 1. The molecule has 3 aromatic rings. The van der Waals surface area contributed by atoms with Crippen molar-refractivity contribution in [1.29, 1.82) is 0 Å². The van der Waals surface area contributed by atoms with Crippen LogP contribution >= 0.6 is 23.1 Å². The number of aryl methyl sites for hydroxylation is 1. The van der Waals surface area contributed by atoms with Gasteiger partial charge in [-0.05, 0) is 25.1 Å². The maximum absolute atomic E-state index is 12.1. The Hall–Kier alpha value is -2.59. The van der Waals surface area contributed by atoms with Crippen LogP contribution in [0.4, 0.5) is 5.13 Å². The molecule has 1 aromatic carbocycles. The van der Waals surface area contributed by atoms with E-state index >= 15 is 0 Å². The van der Waals surface area contributed by atoms with Crippen LogP contribution in [0.2, 0.25) is 0 Å². The van der Waals surface area contributed by atoms with Gasteiger partial charge in [0.05, 0.1) is 25.7 Å². The highest BCUT2D eigenvalue weighted by Gasteiger charge is 2.15. The van der Waals surface area contributed by atoms with Gasteiger partial charge in [0.1, 0.15) is 0 Å². The van der Waals surface area contributed by atoms with E-state index in [1.165, 1.54) is 23.1 Å². The largest absolute Gasteiger partial charge is 0.493 e. The Balaban J connectivity index is 1.69. The van der Waals surface area contributed by atoms with Crippen LogP contribution in [0, 0.1) is 6.92 Å². The zero-order valence-corrected chi connectivity index (χ0v) is 17.0. The molecule has 0 aliphatic carbocycles. The minimum absolute atomic E-state index is 0.134. The lowest BCUT2D eigenvalue weighted by atomic mass is 10.2. The van der Waals surface area contributed by atoms with Gasteiger partial charge in [-0.25, -0.2) is 4.98 Å². The Kier molecular flexibility index (Phi) is 5.97. The van der Waals surface area contributed by atoms with Crippen LogP contribution in [-0.4, -0.2) is 45.6 Å². The summed E-state index contributed by atoms with van der Waals surface area (Å²) in [6, 6.07) is 5.55. The number of nitrogens with zero attached hydrogens (tertiary/aromatic N) is 4. The second-order valence-electron chi connectivity index (χ2n) is 5.57. The molecule has 0 aliphatic rings. The highest BCUT2D eigenvalue weighted by molar-refractivity contribution is 7.99. The summed E-state index contributed by atoms with van der Waals surface area (Å²) in [6.07, 6.45) is 0. The molecular formula is C17H19N5O3S2. The van der Waals surface area contributed by atoms with E-state index in [0.29, 0.717) is 27.6 Å². The van der Waals surface area contributed by atoms with E-state index in [1.54, 1.807) is 14.2 Å². The topological polar surface area (TPSA) is 91.2 Å². The van der Waals surface area contributed by atoms with Gasteiger partial charge in [0, 0.05) is 18.0 Å². The lowest BCUT2D eigenvalue weighted by Crippen LogP contribution is -2.14. The van der Waals surface area contributed by atoms with Gasteiger partial charge < -0.3 is 19.4 Å². The van der Waals surface area contributed by atoms with Gasteiger partial charge in [-0.3, -0.25) is 4.79 Å². The van der Waals surface area contributed by atoms with Gasteiger partial charge in [0.15, 0.2) is 27.6 Å². The van der Waals surface area contributed by atoms with Crippen LogP contribution in [0.5, 0.6) is 11.5 Å². The Labute approximate surface area is 164 Å². The number of amides is 1. The molecule has 0 spiro atoms. The SMILES string of the molecule is COc1ccc(-c2nnc(SCC(=O)Nc3nc(C)cs3)n2C)cc1OC. The average molecular weight is 406 g/mol. The van der Waals surface area contributed by atoms with Crippen molar-refractivity contribution >= 4 is 34.1 Å². The summed E-state index contributed by atoms with van der Waals surface area (Å²) < 4.78 is 12.4. The van der Waals surface area contributed by atoms with Gasteiger partial charge in [-0.2, -0.15) is 0 Å². The molecular weight excluding hydrogens is 386 g/mol. The summed E-state index contributed by atoms with van der Waals surface area (Å²) in [5.41, 5.74) is 1.73. The fraction of sp³-hybridized carbons (Fsp3) is 0.294. The van der Waals surface area contributed by atoms with Gasteiger partial charge in [0.25, 0.3) is 0 Å². The predicted molar refractivity (Wildman–Crippen MR) is 106 cm³/mol. The molecule has 8 nitrogen and oxygen atoms in total. The van der Waals surface area contributed by atoms with Crippen molar-refractivity contribution in [3.63, 3.8) is 0 Å². The standard InChI is InChI=1S/C17H19N5O3S2/c1-10-8-26-16(18-10)19-14(23)9-27-17-21-20-15(22(17)2)11-5-6-12(24-3)13(7-11)25-4/h5-8H,9H2,1-4H3,(H,18,19,23). The van der Waals surface area contributed by atoms with E-state index in [1.807, 2.05) is 42.1 Å². The molecule has 0 aliphatic heterocycles. The molecule has 1 amide bonds. The Morgan fingerprint density at radius 3 is 2.70 bits per heavy atom. The third-order valence-corrected chi connectivity index (χ3v) is 5.57. The lowest BCUT2D eigenvalue weighted by Gasteiger charge is -2.09. The second-order valence-corrected chi connectivity index (χ2v) is 7.37. The van der Waals surface area contributed by atoms with Gasteiger partial charge >= 0.3 is 0 Å². The Bertz CT molecular complexity index is 954. The van der Waals surface area contributed by atoms with Crippen molar-refractivity contribution in [2.24, 2.45) is 7.05 Å².